The van der Waals surface area contributed by atoms with Crippen molar-refractivity contribution in [2.45, 2.75) is 13.0 Å². The van der Waals surface area contributed by atoms with E-state index in [1.807, 2.05) is 0 Å². The number of fused-ring (bicyclic) bond motifs is 2. The van der Waals surface area contributed by atoms with E-state index in [0.717, 1.165) is 5.39 Å². The van der Waals surface area contributed by atoms with Crippen LogP contribution in [-0.4, -0.2) is 42.2 Å². The first kappa shape index (κ1) is 27.9. The molecule has 0 aliphatic carbocycles. The third kappa shape index (κ3) is 5.24. The standard InChI is InChI=1S/C28H20Br2ClN3O6/c1-14(28(36)38-3)39-25-21(37-2)12-16(23(29)24(25)30)13-32-34-26(33-19-7-5-4-6-18(19)27(34)35)22-11-15-10-17(31)8-9-20(15)40-22/h4-14H,1-3H3/t14-/m1/s1. The van der Waals surface area contributed by atoms with E-state index in [0.29, 0.717) is 47.5 Å². The van der Waals surface area contributed by atoms with Crippen molar-refractivity contribution in [3.05, 3.63) is 84.5 Å². The molecule has 0 unspecified atom stereocenters. The average molecular weight is 690 g/mol. The summed E-state index contributed by atoms with van der Waals surface area (Å²) in [5.41, 5.74) is 1.25. The van der Waals surface area contributed by atoms with E-state index in [-0.39, 0.29) is 17.1 Å². The van der Waals surface area contributed by atoms with Gasteiger partial charge in [0.2, 0.25) is 5.82 Å². The van der Waals surface area contributed by atoms with Gasteiger partial charge in [0.05, 0.1) is 35.8 Å². The molecule has 40 heavy (non-hydrogen) atoms. The van der Waals surface area contributed by atoms with Gasteiger partial charge in [0.15, 0.2) is 23.4 Å². The van der Waals surface area contributed by atoms with E-state index < -0.39 is 12.1 Å². The van der Waals surface area contributed by atoms with Gasteiger partial charge in [-0.2, -0.15) is 9.78 Å². The zero-order chi connectivity index (χ0) is 28.6. The van der Waals surface area contributed by atoms with Crippen molar-refractivity contribution in [3.8, 4) is 23.1 Å². The Hall–Kier alpha value is -3.67. The molecular formula is C28H20Br2ClN3O6. The Morgan fingerprint density at radius 2 is 1.90 bits per heavy atom. The van der Waals surface area contributed by atoms with Crippen LogP contribution in [0.1, 0.15) is 12.5 Å². The van der Waals surface area contributed by atoms with Crippen LogP contribution in [-0.2, 0) is 9.53 Å². The second-order valence-electron chi connectivity index (χ2n) is 8.52. The van der Waals surface area contributed by atoms with Crippen molar-refractivity contribution < 1.29 is 23.4 Å². The van der Waals surface area contributed by atoms with Gasteiger partial charge in [0.1, 0.15) is 5.58 Å². The number of rotatable bonds is 7. The molecule has 0 amide bonds. The summed E-state index contributed by atoms with van der Waals surface area (Å²) < 4.78 is 24.3. The first-order chi connectivity index (χ1) is 19.2. The van der Waals surface area contributed by atoms with Gasteiger partial charge in [0, 0.05) is 20.4 Å². The number of carbonyl (C=O) groups is 1. The molecule has 5 rings (SSSR count). The molecule has 204 valence electrons. The van der Waals surface area contributed by atoms with E-state index >= 15 is 0 Å². The topological polar surface area (TPSA) is 105 Å². The van der Waals surface area contributed by atoms with Crippen molar-refractivity contribution in [3.63, 3.8) is 0 Å². The minimum atomic E-state index is -0.884. The highest BCUT2D eigenvalue weighted by atomic mass is 79.9. The summed E-state index contributed by atoms with van der Waals surface area (Å²) >= 11 is 13.2. The summed E-state index contributed by atoms with van der Waals surface area (Å²) in [6.07, 6.45) is 0.594. The zero-order valence-corrected chi connectivity index (χ0v) is 25.2. The van der Waals surface area contributed by atoms with E-state index in [1.165, 1.54) is 25.1 Å². The molecular weight excluding hydrogens is 670 g/mol. The summed E-state index contributed by atoms with van der Waals surface area (Å²) in [4.78, 5) is 30.2. The van der Waals surface area contributed by atoms with Crippen LogP contribution in [0.3, 0.4) is 0 Å². The van der Waals surface area contributed by atoms with E-state index in [2.05, 4.69) is 37.0 Å². The predicted octanol–water partition coefficient (Wildman–Crippen LogP) is 6.82. The Morgan fingerprint density at radius 3 is 2.65 bits per heavy atom. The number of ether oxygens (including phenoxy) is 3. The molecule has 0 aliphatic heterocycles. The Morgan fingerprint density at radius 1 is 1.12 bits per heavy atom. The maximum absolute atomic E-state index is 13.6. The number of halogens is 3. The van der Waals surface area contributed by atoms with Gasteiger partial charge in [0.25, 0.3) is 5.56 Å². The smallest absolute Gasteiger partial charge is 0.346 e. The number of carbonyl (C=O) groups excluding carboxylic acids is 1. The van der Waals surface area contributed by atoms with Gasteiger partial charge < -0.3 is 18.6 Å². The van der Waals surface area contributed by atoms with Crippen molar-refractivity contribution >= 4 is 77.5 Å². The highest BCUT2D eigenvalue weighted by Crippen LogP contribution is 2.43. The van der Waals surface area contributed by atoms with E-state index in [4.69, 9.17) is 35.2 Å². The number of hydrogen-bond acceptors (Lipinski definition) is 8. The minimum absolute atomic E-state index is 0.210. The van der Waals surface area contributed by atoms with Crippen LogP contribution < -0.4 is 15.0 Å². The van der Waals surface area contributed by atoms with E-state index in [1.54, 1.807) is 61.5 Å². The second-order valence-corrected chi connectivity index (χ2v) is 10.5. The molecule has 12 heteroatoms. The summed E-state index contributed by atoms with van der Waals surface area (Å²) in [5.74, 6) is 0.623. The van der Waals surface area contributed by atoms with Crippen LogP contribution in [0.15, 0.2) is 77.9 Å². The number of esters is 1. The normalized spacial score (nSPS) is 12.2. The number of nitrogens with zero attached hydrogens (tertiary/aromatic N) is 3. The predicted molar refractivity (Wildman–Crippen MR) is 160 cm³/mol. The quantitative estimate of drug-likeness (QED) is 0.136. The van der Waals surface area contributed by atoms with Gasteiger partial charge in [-0.1, -0.05) is 23.7 Å². The largest absolute Gasteiger partial charge is 0.493 e. The lowest BCUT2D eigenvalue weighted by Gasteiger charge is -2.18. The number of methoxy groups -OCH3 is 2. The fourth-order valence-electron chi connectivity index (χ4n) is 3.99. The Balaban J connectivity index is 1.64. The van der Waals surface area contributed by atoms with Gasteiger partial charge in [-0.3, -0.25) is 4.79 Å². The molecule has 2 aromatic heterocycles. The molecule has 1 atom stereocenters. The monoisotopic (exact) mass is 687 g/mol. The first-order valence-corrected chi connectivity index (χ1v) is 13.7. The third-order valence-electron chi connectivity index (χ3n) is 5.97. The highest BCUT2D eigenvalue weighted by Gasteiger charge is 2.23. The molecule has 0 fully saturated rings. The molecule has 0 bridgehead atoms. The maximum atomic E-state index is 13.6. The summed E-state index contributed by atoms with van der Waals surface area (Å²) in [6.45, 7) is 1.56. The molecule has 0 N–H and O–H groups in total. The number of aromatic nitrogens is 2. The molecule has 0 aliphatic rings. The summed E-state index contributed by atoms with van der Waals surface area (Å²) in [6, 6.07) is 15.6. The van der Waals surface area contributed by atoms with Crippen LogP contribution in [0.5, 0.6) is 11.5 Å². The summed E-state index contributed by atoms with van der Waals surface area (Å²) in [7, 11) is 2.75. The molecule has 5 aromatic rings. The van der Waals surface area contributed by atoms with Crippen molar-refractivity contribution in [2.75, 3.05) is 14.2 Å². The fraction of sp³-hybridized carbons (Fsp3) is 0.143. The first-order valence-electron chi connectivity index (χ1n) is 11.8. The van der Waals surface area contributed by atoms with Crippen molar-refractivity contribution in [1.82, 2.24) is 9.66 Å². The number of furan rings is 1. The third-order valence-corrected chi connectivity index (χ3v) is 8.35. The lowest BCUT2D eigenvalue weighted by molar-refractivity contribution is -0.147. The van der Waals surface area contributed by atoms with Crippen LogP contribution in [0.25, 0.3) is 33.5 Å². The molecule has 9 nitrogen and oxygen atoms in total. The van der Waals surface area contributed by atoms with Crippen molar-refractivity contribution in [1.29, 1.82) is 0 Å². The van der Waals surface area contributed by atoms with Crippen LogP contribution in [0, 0.1) is 0 Å². The second kappa shape index (κ2) is 11.4. The number of hydrogen-bond donors (Lipinski definition) is 0. The lowest BCUT2D eigenvalue weighted by atomic mass is 10.2. The fourth-order valence-corrected chi connectivity index (χ4v) is 5.08. The zero-order valence-electron chi connectivity index (χ0n) is 21.3. The summed E-state index contributed by atoms with van der Waals surface area (Å²) in [5, 5.41) is 6.21. The average Bonchev–Trinajstić information content (AvgIpc) is 3.38. The van der Waals surface area contributed by atoms with Gasteiger partial charge in [-0.15, -0.1) is 0 Å². The van der Waals surface area contributed by atoms with Gasteiger partial charge >= 0.3 is 5.97 Å². The molecule has 0 radical (unpaired) electrons. The van der Waals surface area contributed by atoms with Crippen LogP contribution >= 0.6 is 43.5 Å². The lowest BCUT2D eigenvalue weighted by Crippen LogP contribution is -2.25. The molecule has 0 saturated heterocycles. The minimum Gasteiger partial charge on any atom is -0.493 e. The molecule has 3 aromatic carbocycles. The number of benzene rings is 3. The SMILES string of the molecule is COC(=O)[C@@H](C)Oc1c(OC)cc(C=Nn2c(-c3cc4cc(Cl)ccc4o3)nc3ccccc3c2=O)c(Br)c1Br. The molecule has 0 spiro atoms. The van der Waals surface area contributed by atoms with E-state index in [9.17, 15) is 9.59 Å². The Bertz CT molecular complexity index is 1870. The number of para-hydroxylation sites is 1. The molecule has 2 heterocycles. The van der Waals surface area contributed by atoms with Crippen molar-refractivity contribution in [2.24, 2.45) is 5.10 Å². The molecule has 0 saturated carbocycles. The van der Waals surface area contributed by atoms with Crippen LogP contribution in [0.2, 0.25) is 5.02 Å². The maximum Gasteiger partial charge on any atom is 0.346 e. The van der Waals surface area contributed by atoms with Gasteiger partial charge in [-0.25, -0.2) is 9.78 Å². The Labute approximate surface area is 249 Å². The van der Waals surface area contributed by atoms with Gasteiger partial charge in [-0.05, 0) is 81.2 Å². The highest BCUT2D eigenvalue weighted by molar-refractivity contribution is 9.13. The Kier molecular flexibility index (Phi) is 7.97. The van der Waals surface area contributed by atoms with Crippen LogP contribution in [0.4, 0.5) is 0 Å².